The van der Waals surface area contributed by atoms with E-state index in [0.29, 0.717) is 18.1 Å². The Labute approximate surface area is 116 Å². The zero-order chi connectivity index (χ0) is 13.8. The Hall–Kier alpha value is -2.56. The van der Waals surface area contributed by atoms with Crippen molar-refractivity contribution < 1.29 is 14.3 Å². The van der Waals surface area contributed by atoms with E-state index in [2.05, 4.69) is 10.1 Å². The molecule has 0 amide bonds. The van der Waals surface area contributed by atoms with Crippen LogP contribution in [0.3, 0.4) is 0 Å². The van der Waals surface area contributed by atoms with E-state index in [4.69, 9.17) is 14.3 Å². The molecule has 0 bridgehead atoms. The Bertz CT molecular complexity index is 596. The SMILES string of the molecule is COc1ccc([C@@H]2CC(Oc3cccnc3)=NO2)cc1. The van der Waals surface area contributed by atoms with Gasteiger partial charge in [-0.2, -0.15) is 0 Å². The van der Waals surface area contributed by atoms with Crippen molar-refractivity contribution in [2.45, 2.75) is 12.5 Å². The van der Waals surface area contributed by atoms with Crippen molar-refractivity contribution in [1.82, 2.24) is 4.98 Å². The van der Waals surface area contributed by atoms with Crippen LogP contribution in [0.25, 0.3) is 0 Å². The van der Waals surface area contributed by atoms with Crippen LogP contribution in [0.5, 0.6) is 11.5 Å². The number of oxime groups is 1. The Morgan fingerprint density at radius 3 is 2.70 bits per heavy atom. The Morgan fingerprint density at radius 2 is 2.00 bits per heavy atom. The Kier molecular flexibility index (Phi) is 3.50. The summed E-state index contributed by atoms with van der Waals surface area (Å²) in [5, 5.41) is 3.97. The molecule has 0 N–H and O–H groups in total. The van der Waals surface area contributed by atoms with Crippen LogP contribution in [-0.4, -0.2) is 18.0 Å². The summed E-state index contributed by atoms with van der Waals surface area (Å²) in [5.74, 6) is 2.03. The molecule has 102 valence electrons. The summed E-state index contributed by atoms with van der Waals surface area (Å²) in [7, 11) is 1.64. The fourth-order valence-corrected chi connectivity index (χ4v) is 1.96. The van der Waals surface area contributed by atoms with Gasteiger partial charge in [0.25, 0.3) is 0 Å². The molecular formula is C15H14N2O3. The highest BCUT2D eigenvalue weighted by Crippen LogP contribution is 2.29. The van der Waals surface area contributed by atoms with Gasteiger partial charge in [-0.1, -0.05) is 17.3 Å². The fraction of sp³-hybridized carbons (Fsp3) is 0.200. The molecule has 1 atom stereocenters. The number of methoxy groups -OCH3 is 1. The maximum absolute atomic E-state index is 5.61. The lowest BCUT2D eigenvalue weighted by molar-refractivity contribution is 0.0855. The predicted octanol–water partition coefficient (Wildman–Crippen LogP) is 2.94. The monoisotopic (exact) mass is 270 g/mol. The standard InChI is InChI=1S/C15H14N2O3/c1-18-12-6-4-11(5-7-12)14-9-15(17-20-14)19-13-3-2-8-16-10-13/h2-8,10,14H,9H2,1H3/t14-/m0/s1. The van der Waals surface area contributed by atoms with Crippen molar-refractivity contribution in [2.24, 2.45) is 5.16 Å². The van der Waals surface area contributed by atoms with Gasteiger partial charge in [-0.15, -0.1) is 0 Å². The van der Waals surface area contributed by atoms with Crippen molar-refractivity contribution in [3.8, 4) is 11.5 Å². The minimum atomic E-state index is -0.118. The highest BCUT2D eigenvalue weighted by Gasteiger charge is 2.24. The van der Waals surface area contributed by atoms with E-state index in [9.17, 15) is 0 Å². The van der Waals surface area contributed by atoms with Crippen LogP contribution in [0.1, 0.15) is 18.1 Å². The van der Waals surface area contributed by atoms with Gasteiger partial charge in [0, 0.05) is 6.20 Å². The van der Waals surface area contributed by atoms with Gasteiger partial charge < -0.3 is 14.3 Å². The third-order valence-corrected chi connectivity index (χ3v) is 3.00. The molecule has 20 heavy (non-hydrogen) atoms. The number of nitrogens with zero attached hydrogens (tertiary/aromatic N) is 2. The van der Waals surface area contributed by atoms with Gasteiger partial charge in [-0.05, 0) is 29.8 Å². The summed E-state index contributed by atoms with van der Waals surface area (Å²) in [5.41, 5.74) is 1.04. The zero-order valence-electron chi connectivity index (χ0n) is 11.0. The molecule has 0 radical (unpaired) electrons. The number of hydrogen-bond acceptors (Lipinski definition) is 5. The highest BCUT2D eigenvalue weighted by molar-refractivity contribution is 5.79. The maximum Gasteiger partial charge on any atom is 0.235 e. The van der Waals surface area contributed by atoms with Gasteiger partial charge in [-0.25, -0.2) is 0 Å². The molecule has 1 aromatic carbocycles. The van der Waals surface area contributed by atoms with Gasteiger partial charge in [0.05, 0.1) is 19.7 Å². The molecular weight excluding hydrogens is 256 g/mol. The molecule has 0 fully saturated rings. The lowest BCUT2D eigenvalue weighted by atomic mass is 10.1. The summed E-state index contributed by atoms with van der Waals surface area (Å²) in [6, 6.07) is 11.4. The second kappa shape index (κ2) is 5.61. The van der Waals surface area contributed by atoms with Crippen molar-refractivity contribution in [1.29, 1.82) is 0 Å². The van der Waals surface area contributed by atoms with E-state index in [1.54, 1.807) is 19.5 Å². The highest BCUT2D eigenvalue weighted by atomic mass is 16.7. The van der Waals surface area contributed by atoms with Crippen molar-refractivity contribution >= 4 is 5.90 Å². The van der Waals surface area contributed by atoms with Crippen molar-refractivity contribution in [3.05, 3.63) is 54.4 Å². The average Bonchev–Trinajstić information content (AvgIpc) is 2.97. The summed E-state index contributed by atoms with van der Waals surface area (Å²) in [4.78, 5) is 9.39. The molecule has 0 saturated heterocycles. The fourth-order valence-electron chi connectivity index (χ4n) is 1.96. The van der Waals surface area contributed by atoms with Crippen LogP contribution in [0, 0.1) is 0 Å². The first-order valence-electron chi connectivity index (χ1n) is 6.29. The lowest BCUT2D eigenvalue weighted by Crippen LogP contribution is -2.07. The average molecular weight is 270 g/mol. The molecule has 1 aromatic heterocycles. The number of benzene rings is 1. The number of ether oxygens (including phenoxy) is 2. The van der Waals surface area contributed by atoms with E-state index in [1.807, 2.05) is 36.4 Å². The van der Waals surface area contributed by atoms with E-state index in [0.717, 1.165) is 11.3 Å². The van der Waals surface area contributed by atoms with Crippen molar-refractivity contribution in [3.63, 3.8) is 0 Å². The van der Waals surface area contributed by atoms with Crippen LogP contribution < -0.4 is 9.47 Å². The minimum Gasteiger partial charge on any atom is -0.497 e. The molecule has 5 nitrogen and oxygen atoms in total. The smallest absolute Gasteiger partial charge is 0.235 e. The molecule has 1 aliphatic heterocycles. The Morgan fingerprint density at radius 1 is 1.15 bits per heavy atom. The maximum atomic E-state index is 5.61. The largest absolute Gasteiger partial charge is 0.497 e. The molecule has 2 heterocycles. The number of rotatable bonds is 3. The minimum absolute atomic E-state index is 0.118. The first-order valence-corrected chi connectivity index (χ1v) is 6.29. The van der Waals surface area contributed by atoms with Gasteiger partial charge in [-0.3, -0.25) is 4.98 Å². The normalized spacial score (nSPS) is 17.2. The third kappa shape index (κ3) is 2.71. The first-order chi connectivity index (χ1) is 9.85. The van der Waals surface area contributed by atoms with Crippen LogP contribution in [0.15, 0.2) is 53.9 Å². The Balaban J connectivity index is 1.63. The topological polar surface area (TPSA) is 52.9 Å². The zero-order valence-corrected chi connectivity index (χ0v) is 11.0. The van der Waals surface area contributed by atoms with Crippen molar-refractivity contribution in [2.75, 3.05) is 7.11 Å². The summed E-state index contributed by atoms with van der Waals surface area (Å²) in [6.45, 7) is 0. The first kappa shape index (κ1) is 12.5. The second-order valence-electron chi connectivity index (χ2n) is 4.35. The van der Waals surface area contributed by atoms with Crippen LogP contribution in [-0.2, 0) is 4.84 Å². The van der Waals surface area contributed by atoms with Crippen LogP contribution >= 0.6 is 0 Å². The molecule has 0 saturated carbocycles. The van der Waals surface area contributed by atoms with Crippen LogP contribution in [0.4, 0.5) is 0 Å². The summed E-state index contributed by atoms with van der Waals surface area (Å²) in [6.07, 6.45) is 3.82. The van der Waals surface area contributed by atoms with Gasteiger partial charge >= 0.3 is 0 Å². The molecule has 5 heteroatoms. The summed E-state index contributed by atoms with van der Waals surface area (Å²) < 4.78 is 10.7. The van der Waals surface area contributed by atoms with Crippen LogP contribution in [0.2, 0.25) is 0 Å². The van der Waals surface area contributed by atoms with E-state index in [-0.39, 0.29) is 6.10 Å². The number of pyridine rings is 1. The lowest BCUT2D eigenvalue weighted by Gasteiger charge is -2.08. The number of aromatic nitrogens is 1. The van der Waals surface area contributed by atoms with E-state index >= 15 is 0 Å². The molecule has 1 aliphatic rings. The number of hydrogen-bond donors (Lipinski definition) is 0. The quantitative estimate of drug-likeness (QED) is 0.860. The molecule has 0 unspecified atom stereocenters. The molecule has 0 aliphatic carbocycles. The van der Waals surface area contributed by atoms with Gasteiger partial charge in [0.1, 0.15) is 11.5 Å². The van der Waals surface area contributed by atoms with Gasteiger partial charge in [0.2, 0.25) is 5.90 Å². The van der Waals surface area contributed by atoms with E-state index < -0.39 is 0 Å². The molecule has 2 aromatic rings. The van der Waals surface area contributed by atoms with E-state index in [1.165, 1.54) is 0 Å². The summed E-state index contributed by atoms with van der Waals surface area (Å²) >= 11 is 0. The molecule has 3 rings (SSSR count). The molecule has 0 spiro atoms. The predicted molar refractivity (Wildman–Crippen MR) is 73.7 cm³/mol. The third-order valence-electron chi connectivity index (χ3n) is 3.00. The van der Waals surface area contributed by atoms with Gasteiger partial charge in [0.15, 0.2) is 6.10 Å². The second-order valence-corrected chi connectivity index (χ2v) is 4.35.